The number of para-hydroxylation sites is 2. The molecule has 0 spiro atoms. The van der Waals surface area contributed by atoms with Gasteiger partial charge in [-0.15, -0.1) is 0 Å². The number of hydrogen-bond acceptors (Lipinski definition) is 2. The number of phenolic OH excluding ortho intramolecular Hbond substituents is 1. The van der Waals surface area contributed by atoms with Crippen molar-refractivity contribution in [2.75, 3.05) is 6.54 Å². The van der Waals surface area contributed by atoms with E-state index in [0.717, 1.165) is 18.5 Å². The molecule has 0 bridgehead atoms. The molecule has 0 saturated heterocycles. The fraction of sp³-hybridized carbons (Fsp3) is 0.176. The van der Waals surface area contributed by atoms with Gasteiger partial charge in [-0.05, 0) is 24.1 Å². The molecule has 3 heteroatoms. The third kappa shape index (κ3) is 1.63. The number of aromatic nitrogens is 1. The molecule has 3 aromatic rings. The molecule has 0 amide bonds. The molecule has 0 unspecified atom stereocenters. The molecule has 3 nitrogen and oxygen atoms in total. The first kappa shape index (κ1) is 11.6. The molecule has 1 aliphatic rings. The fourth-order valence-electron chi connectivity index (χ4n) is 3.18. The van der Waals surface area contributed by atoms with Gasteiger partial charge in [-0.3, -0.25) is 0 Å². The van der Waals surface area contributed by atoms with Gasteiger partial charge in [0.05, 0.1) is 6.04 Å². The van der Waals surface area contributed by atoms with Crippen molar-refractivity contribution in [2.45, 2.75) is 12.5 Å². The number of hydrogen-bond donors (Lipinski definition) is 3. The van der Waals surface area contributed by atoms with E-state index in [1.165, 1.54) is 22.2 Å². The molecule has 1 aliphatic heterocycles. The molecular formula is C17H16N2O. The number of H-pyrrole nitrogens is 1. The van der Waals surface area contributed by atoms with Crippen LogP contribution in [0.25, 0.3) is 10.9 Å². The molecule has 0 aliphatic carbocycles. The SMILES string of the molecule is Oc1ccccc1[C@@H]1NCCc2c1[nH]c1ccccc21. The van der Waals surface area contributed by atoms with Crippen molar-refractivity contribution in [3.63, 3.8) is 0 Å². The van der Waals surface area contributed by atoms with Gasteiger partial charge in [0.1, 0.15) is 5.75 Å². The highest BCUT2D eigenvalue weighted by Crippen LogP contribution is 2.36. The van der Waals surface area contributed by atoms with Gasteiger partial charge in [0.25, 0.3) is 0 Å². The van der Waals surface area contributed by atoms with E-state index in [1.54, 1.807) is 6.07 Å². The first-order chi connectivity index (χ1) is 9.84. The molecule has 4 rings (SSSR count). The van der Waals surface area contributed by atoms with E-state index < -0.39 is 0 Å². The minimum Gasteiger partial charge on any atom is -0.508 e. The van der Waals surface area contributed by atoms with Gasteiger partial charge in [-0.2, -0.15) is 0 Å². The first-order valence-corrected chi connectivity index (χ1v) is 6.95. The van der Waals surface area contributed by atoms with E-state index in [-0.39, 0.29) is 6.04 Å². The van der Waals surface area contributed by atoms with Crippen LogP contribution < -0.4 is 5.32 Å². The number of aromatic amines is 1. The van der Waals surface area contributed by atoms with Crippen LogP contribution in [0, 0.1) is 0 Å². The Kier molecular flexibility index (Phi) is 2.54. The zero-order chi connectivity index (χ0) is 13.5. The second kappa shape index (κ2) is 4.39. The topological polar surface area (TPSA) is 48.0 Å². The van der Waals surface area contributed by atoms with Crippen molar-refractivity contribution in [2.24, 2.45) is 0 Å². The predicted molar refractivity (Wildman–Crippen MR) is 80.0 cm³/mol. The maximum atomic E-state index is 10.1. The molecule has 2 aromatic carbocycles. The zero-order valence-electron chi connectivity index (χ0n) is 11.1. The molecule has 1 aromatic heterocycles. The highest BCUT2D eigenvalue weighted by atomic mass is 16.3. The highest BCUT2D eigenvalue weighted by Gasteiger charge is 2.26. The molecule has 20 heavy (non-hydrogen) atoms. The average molecular weight is 264 g/mol. The van der Waals surface area contributed by atoms with E-state index in [2.05, 4.69) is 28.5 Å². The molecule has 0 radical (unpaired) electrons. The molecular weight excluding hydrogens is 248 g/mol. The summed E-state index contributed by atoms with van der Waals surface area (Å²) in [5.74, 6) is 0.344. The fourth-order valence-corrected chi connectivity index (χ4v) is 3.18. The van der Waals surface area contributed by atoms with Crippen LogP contribution in [-0.2, 0) is 6.42 Å². The van der Waals surface area contributed by atoms with Gasteiger partial charge < -0.3 is 15.4 Å². The first-order valence-electron chi connectivity index (χ1n) is 6.95. The molecule has 2 heterocycles. The lowest BCUT2D eigenvalue weighted by atomic mass is 9.94. The summed E-state index contributed by atoms with van der Waals surface area (Å²) < 4.78 is 0. The number of aromatic hydroxyl groups is 1. The Balaban J connectivity index is 1.92. The largest absolute Gasteiger partial charge is 0.508 e. The van der Waals surface area contributed by atoms with Crippen molar-refractivity contribution in [3.8, 4) is 5.75 Å². The van der Waals surface area contributed by atoms with Crippen LogP contribution in [0.15, 0.2) is 48.5 Å². The van der Waals surface area contributed by atoms with Crippen molar-refractivity contribution in [1.82, 2.24) is 10.3 Å². The third-order valence-corrected chi connectivity index (χ3v) is 4.11. The maximum Gasteiger partial charge on any atom is 0.120 e. The van der Waals surface area contributed by atoms with E-state index in [0.29, 0.717) is 5.75 Å². The lowest BCUT2D eigenvalue weighted by molar-refractivity contribution is 0.452. The second-order valence-electron chi connectivity index (χ2n) is 5.26. The van der Waals surface area contributed by atoms with E-state index >= 15 is 0 Å². The van der Waals surface area contributed by atoms with Crippen molar-refractivity contribution < 1.29 is 5.11 Å². The lowest BCUT2D eigenvalue weighted by Crippen LogP contribution is -2.30. The Hall–Kier alpha value is -2.26. The van der Waals surface area contributed by atoms with Gasteiger partial charge in [-0.25, -0.2) is 0 Å². The van der Waals surface area contributed by atoms with Crippen molar-refractivity contribution >= 4 is 10.9 Å². The number of phenols is 1. The van der Waals surface area contributed by atoms with Gasteiger partial charge >= 0.3 is 0 Å². The predicted octanol–water partition coefficient (Wildman–Crippen LogP) is 3.11. The summed E-state index contributed by atoms with van der Waals surface area (Å²) in [4.78, 5) is 3.52. The van der Waals surface area contributed by atoms with Crippen LogP contribution in [0.5, 0.6) is 5.75 Å². The third-order valence-electron chi connectivity index (χ3n) is 4.11. The van der Waals surface area contributed by atoms with Gasteiger partial charge in [0, 0.05) is 28.7 Å². The Bertz CT molecular complexity index is 776. The Morgan fingerprint density at radius 3 is 2.70 bits per heavy atom. The summed E-state index contributed by atoms with van der Waals surface area (Å²) in [6.45, 7) is 0.924. The number of fused-ring (bicyclic) bond motifs is 3. The summed E-state index contributed by atoms with van der Waals surface area (Å²) in [5, 5.41) is 14.9. The summed E-state index contributed by atoms with van der Waals surface area (Å²) in [5.41, 5.74) is 4.65. The summed E-state index contributed by atoms with van der Waals surface area (Å²) in [7, 11) is 0. The van der Waals surface area contributed by atoms with Crippen LogP contribution in [0.4, 0.5) is 0 Å². The number of nitrogens with one attached hydrogen (secondary N) is 2. The number of rotatable bonds is 1. The van der Waals surface area contributed by atoms with Crippen LogP contribution in [0.1, 0.15) is 22.9 Å². The summed E-state index contributed by atoms with van der Waals surface area (Å²) >= 11 is 0. The quantitative estimate of drug-likeness (QED) is 0.632. The van der Waals surface area contributed by atoms with E-state index in [9.17, 15) is 5.11 Å². The Morgan fingerprint density at radius 1 is 1.00 bits per heavy atom. The van der Waals surface area contributed by atoms with E-state index in [1.807, 2.05) is 24.3 Å². The van der Waals surface area contributed by atoms with Gasteiger partial charge in [-0.1, -0.05) is 36.4 Å². The highest BCUT2D eigenvalue weighted by molar-refractivity contribution is 5.85. The normalized spacial score (nSPS) is 18.1. The van der Waals surface area contributed by atoms with Crippen LogP contribution in [-0.4, -0.2) is 16.6 Å². The standard InChI is InChI=1S/C17H16N2O/c20-15-8-4-2-6-13(15)16-17-12(9-10-18-16)11-5-1-3-7-14(11)19-17/h1-8,16,18-20H,9-10H2/t16-/m0/s1. The van der Waals surface area contributed by atoms with Gasteiger partial charge in [0.15, 0.2) is 0 Å². The molecule has 1 atom stereocenters. The van der Waals surface area contributed by atoms with Crippen molar-refractivity contribution in [1.29, 1.82) is 0 Å². The lowest BCUT2D eigenvalue weighted by Gasteiger charge is -2.25. The van der Waals surface area contributed by atoms with Gasteiger partial charge in [0.2, 0.25) is 0 Å². The Morgan fingerprint density at radius 2 is 1.80 bits per heavy atom. The molecule has 0 fully saturated rings. The molecule has 0 saturated carbocycles. The molecule has 3 N–H and O–H groups in total. The zero-order valence-corrected chi connectivity index (χ0v) is 11.1. The monoisotopic (exact) mass is 264 g/mol. The molecule has 100 valence electrons. The van der Waals surface area contributed by atoms with Crippen LogP contribution in [0.3, 0.4) is 0 Å². The van der Waals surface area contributed by atoms with Crippen LogP contribution >= 0.6 is 0 Å². The average Bonchev–Trinajstić information content (AvgIpc) is 2.86. The Labute approximate surface area is 117 Å². The van der Waals surface area contributed by atoms with Crippen molar-refractivity contribution in [3.05, 3.63) is 65.4 Å². The van der Waals surface area contributed by atoms with E-state index in [4.69, 9.17) is 0 Å². The minimum atomic E-state index is 0.0346. The second-order valence-corrected chi connectivity index (χ2v) is 5.26. The van der Waals surface area contributed by atoms with Crippen LogP contribution in [0.2, 0.25) is 0 Å². The summed E-state index contributed by atoms with van der Waals surface area (Å²) in [6, 6.07) is 16.0. The minimum absolute atomic E-state index is 0.0346. The summed E-state index contributed by atoms with van der Waals surface area (Å²) in [6.07, 6.45) is 1.02. The maximum absolute atomic E-state index is 10.1. The number of benzene rings is 2. The smallest absolute Gasteiger partial charge is 0.120 e.